The van der Waals surface area contributed by atoms with Crippen LogP contribution in [-0.2, 0) is 10.0 Å². The maximum atomic E-state index is 12.7. The molecule has 0 unspecified atom stereocenters. The number of fused-ring (bicyclic) bond motifs is 1. The summed E-state index contributed by atoms with van der Waals surface area (Å²) in [6, 6.07) is 13.1. The van der Waals surface area contributed by atoms with Crippen LogP contribution in [0.25, 0.3) is 10.8 Å². The summed E-state index contributed by atoms with van der Waals surface area (Å²) in [5, 5.41) is 5.22. The Morgan fingerprint density at radius 1 is 1.14 bits per heavy atom. The summed E-state index contributed by atoms with van der Waals surface area (Å²) in [6.45, 7) is 3.87. The summed E-state index contributed by atoms with van der Waals surface area (Å²) in [5.74, 6) is 0. The Hall–Kier alpha value is -1.14. The van der Waals surface area contributed by atoms with Crippen LogP contribution in [0.4, 0.5) is 0 Å². The van der Waals surface area contributed by atoms with Gasteiger partial charge in [-0.25, -0.2) is 8.42 Å². The highest BCUT2D eigenvalue weighted by Crippen LogP contribution is 2.23. The quantitative estimate of drug-likeness (QED) is 0.921. The van der Waals surface area contributed by atoms with E-state index in [1.54, 1.807) is 16.4 Å². The molecular formula is C15H19ClN2O2S. The molecule has 1 heterocycles. The van der Waals surface area contributed by atoms with Gasteiger partial charge < -0.3 is 5.32 Å². The van der Waals surface area contributed by atoms with E-state index in [0.717, 1.165) is 10.8 Å². The maximum absolute atomic E-state index is 12.7. The normalized spacial score (nSPS) is 20.1. The standard InChI is InChI=1S/C15H18N2O2S.ClH/c1-12-11-16-8-9-17(12)20(18,19)15-7-6-13-4-2-3-5-14(13)10-15;/h2-7,10,12,16H,8-9,11H2,1H3;1H/t12-;/m1./s1. The second kappa shape index (κ2) is 6.32. The highest BCUT2D eigenvalue weighted by Gasteiger charge is 2.30. The van der Waals surface area contributed by atoms with E-state index < -0.39 is 10.0 Å². The fourth-order valence-electron chi connectivity index (χ4n) is 2.64. The van der Waals surface area contributed by atoms with E-state index in [1.165, 1.54) is 0 Å². The molecule has 2 aromatic rings. The van der Waals surface area contributed by atoms with E-state index in [9.17, 15) is 8.42 Å². The van der Waals surface area contributed by atoms with Crippen LogP contribution in [0.1, 0.15) is 6.92 Å². The van der Waals surface area contributed by atoms with Crippen molar-refractivity contribution in [2.24, 2.45) is 0 Å². The number of halogens is 1. The molecule has 114 valence electrons. The molecule has 1 fully saturated rings. The van der Waals surface area contributed by atoms with E-state index in [1.807, 2.05) is 37.3 Å². The van der Waals surface area contributed by atoms with Gasteiger partial charge in [0.1, 0.15) is 0 Å². The lowest BCUT2D eigenvalue weighted by atomic mass is 10.1. The first-order valence-corrected chi connectivity index (χ1v) is 8.24. The largest absolute Gasteiger partial charge is 0.314 e. The average molecular weight is 327 g/mol. The summed E-state index contributed by atoms with van der Waals surface area (Å²) < 4.78 is 27.1. The molecule has 4 nitrogen and oxygen atoms in total. The molecule has 6 heteroatoms. The van der Waals surface area contributed by atoms with Gasteiger partial charge in [0.15, 0.2) is 0 Å². The minimum Gasteiger partial charge on any atom is -0.314 e. The first-order valence-electron chi connectivity index (χ1n) is 6.80. The number of piperazine rings is 1. The Bertz CT molecular complexity index is 733. The van der Waals surface area contributed by atoms with Gasteiger partial charge in [-0.3, -0.25) is 0 Å². The second-order valence-electron chi connectivity index (χ2n) is 5.18. The van der Waals surface area contributed by atoms with Gasteiger partial charge in [0.05, 0.1) is 4.90 Å². The lowest BCUT2D eigenvalue weighted by Crippen LogP contribution is -2.52. The Morgan fingerprint density at radius 2 is 1.86 bits per heavy atom. The lowest BCUT2D eigenvalue weighted by Gasteiger charge is -2.32. The zero-order chi connectivity index (χ0) is 14.2. The van der Waals surface area contributed by atoms with E-state index >= 15 is 0 Å². The first kappa shape index (κ1) is 16.2. The number of sulfonamides is 1. The topological polar surface area (TPSA) is 49.4 Å². The number of nitrogens with zero attached hydrogens (tertiary/aromatic N) is 1. The Kier molecular flexibility index (Phi) is 4.88. The molecule has 0 saturated carbocycles. The molecule has 21 heavy (non-hydrogen) atoms. The molecule has 2 aromatic carbocycles. The monoisotopic (exact) mass is 326 g/mol. The predicted octanol–water partition coefficient (Wildman–Crippen LogP) is 2.24. The van der Waals surface area contributed by atoms with Crippen LogP contribution in [0.2, 0.25) is 0 Å². The smallest absolute Gasteiger partial charge is 0.243 e. The maximum Gasteiger partial charge on any atom is 0.243 e. The highest BCUT2D eigenvalue weighted by atomic mass is 35.5. The van der Waals surface area contributed by atoms with Crippen molar-refractivity contribution in [3.05, 3.63) is 42.5 Å². The van der Waals surface area contributed by atoms with Gasteiger partial charge in [0.25, 0.3) is 0 Å². The third-order valence-electron chi connectivity index (χ3n) is 3.77. The minimum absolute atomic E-state index is 0. The third kappa shape index (κ3) is 3.06. The van der Waals surface area contributed by atoms with Gasteiger partial charge in [-0.05, 0) is 29.8 Å². The molecule has 1 atom stereocenters. The number of rotatable bonds is 2. The third-order valence-corrected chi connectivity index (χ3v) is 5.78. The lowest BCUT2D eigenvalue weighted by molar-refractivity contribution is 0.284. The fourth-order valence-corrected chi connectivity index (χ4v) is 4.31. The number of benzene rings is 2. The van der Waals surface area contributed by atoms with E-state index in [0.29, 0.717) is 24.5 Å². The van der Waals surface area contributed by atoms with E-state index in [2.05, 4.69) is 5.32 Å². The van der Waals surface area contributed by atoms with Crippen LogP contribution in [0.15, 0.2) is 47.4 Å². The molecule has 0 spiro atoms. The molecule has 1 N–H and O–H groups in total. The second-order valence-corrected chi connectivity index (χ2v) is 7.07. The molecule has 0 radical (unpaired) electrons. The van der Waals surface area contributed by atoms with Crippen molar-refractivity contribution in [1.82, 2.24) is 9.62 Å². The summed E-state index contributed by atoms with van der Waals surface area (Å²) in [7, 11) is -3.41. The van der Waals surface area contributed by atoms with Crippen LogP contribution in [0, 0.1) is 0 Å². The van der Waals surface area contributed by atoms with Crippen LogP contribution in [0.5, 0.6) is 0 Å². The molecule has 0 aliphatic carbocycles. The number of hydrogen-bond donors (Lipinski definition) is 1. The molecule has 1 saturated heterocycles. The molecule has 3 rings (SSSR count). The molecule has 0 amide bonds. The van der Waals surface area contributed by atoms with Crippen molar-refractivity contribution in [2.45, 2.75) is 17.9 Å². The van der Waals surface area contributed by atoms with Crippen LogP contribution in [-0.4, -0.2) is 38.4 Å². The molecular weight excluding hydrogens is 308 g/mol. The van der Waals surface area contributed by atoms with Gasteiger partial charge >= 0.3 is 0 Å². The molecule has 0 aromatic heterocycles. The van der Waals surface area contributed by atoms with Crippen molar-refractivity contribution in [3.63, 3.8) is 0 Å². The van der Waals surface area contributed by atoms with Gasteiger partial charge in [-0.2, -0.15) is 4.31 Å². The van der Waals surface area contributed by atoms with E-state index in [-0.39, 0.29) is 18.4 Å². The van der Waals surface area contributed by atoms with Crippen molar-refractivity contribution < 1.29 is 8.42 Å². The van der Waals surface area contributed by atoms with Gasteiger partial charge in [-0.15, -0.1) is 12.4 Å². The van der Waals surface area contributed by atoms with Crippen LogP contribution < -0.4 is 5.32 Å². The number of nitrogens with one attached hydrogen (secondary N) is 1. The van der Waals surface area contributed by atoms with Crippen LogP contribution in [0.3, 0.4) is 0 Å². The predicted molar refractivity (Wildman–Crippen MR) is 87.4 cm³/mol. The zero-order valence-corrected chi connectivity index (χ0v) is 13.5. The van der Waals surface area contributed by atoms with Crippen molar-refractivity contribution >= 4 is 33.2 Å². The summed E-state index contributed by atoms with van der Waals surface area (Å²) in [6.07, 6.45) is 0. The summed E-state index contributed by atoms with van der Waals surface area (Å²) in [4.78, 5) is 0.380. The molecule has 1 aliphatic rings. The molecule has 0 bridgehead atoms. The van der Waals surface area contributed by atoms with Gasteiger partial charge in [-0.1, -0.05) is 30.3 Å². The van der Waals surface area contributed by atoms with Gasteiger partial charge in [0, 0.05) is 25.7 Å². The first-order chi connectivity index (χ1) is 9.59. The summed E-state index contributed by atoms with van der Waals surface area (Å²) in [5.41, 5.74) is 0. The minimum atomic E-state index is -3.41. The summed E-state index contributed by atoms with van der Waals surface area (Å²) >= 11 is 0. The Morgan fingerprint density at radius 3 is 2.57 bits per heavy atom. The number of hydrogen-bond acceptors (Lipinski definition) is 3. The Balaban J connectivity index is 0.00000161. The fraction of sp³-hybridized carbons (Fsp3) is 0.333. The van der Waals surface area contributed by atoms with Crippen molar-refractivity contribution in [1.29, 1.82) is 0 Å². The van der Waals surface area contributed by atoms with Crippen molar-refractivity contribution in [3.8, 4) is 0 Å². The zero-order valence-electron chi connectivity index (χ0n) is 11.8. The Labute approximate surface area is 131 Å². The molecule has 1 aliphatic heterocycles. The average Bonchev–Trinajstić information content (AvgIpc) is 2.47. The van der Waals surface area contributed by atoms with Crippen LogP contribution >= 0.6 is 12.4 Å². The highest BCUT2D eigenvalue weighted by molar-refractivity contribution is 7.89. The van der Waals surface area contributed by atoms with Gasteiger partial charge in [0.2, 0.25) is 10.0 Å². The SMILES string of the molecule is C[C@@H]1CNCCN1S(=O)(=O)c1ccc2ccccc2c1.Cl. The van der Waals surface area contributed by atoms with E-state index in [4.69, 9.17) is 0 Å². The van der Waals surface area contributed by atoms with Crippen molar-refractivity contribution in [2.75, 3.05) is 19.6 Å².